The number of aromatic nitrogens is 1. The average molecular weight is 257 g/mol. The minimum absolute atomic E-state index is 0.168. The van der Waals surface area contributed by atoms with Gasteiger partial charge in [0.1, 0.15) is 18.6 Å². The lowest BCUT2D eigenvalue weighted by molar-refractivity contribution is 0.103. The Morgan fingerprint density at radius 2 is 2.05 bits per heavy atom. The smallest absolute Gasteiger partial charge is 0.214 e. The highest BCUT2D eigenvalue weighted by molar-refractivity contribution is 6.07. The first-order valence-electron chi connectivity index (χ1n) is 6.05. The lowest BCUT2D eigenvalue weighted by atomic mass is 10.1. The zero-order valence-corrected chi connectivity index (χ0v) is 10.8. The van der Waals surface area contributed by atoms with Crippen LogP contribution in [-0.2, 0) is 0 Å². The largest absolute Gasteiger partial charge is 0.489 e. The summed E-state index contributed by atoms with van der Waals surface area (Å²) in [7, 11) is 0. The average Bonchev–Trinajstić information content (AvgIpc) is 2.98. The third kappa shape index (κ3) is 3.31. The van der Waals surface area contributed by atoms with E-state index in [2.05, 4.69) is 16.3 Å². The van der Waals surface area contributed by atoms with Crippen molar-refractivity contribution in [2.24, 2.45) is 0 Å². The van der Waals surface area contributed by atoms with E-state index in [1.807, 2.05) is 6.92 Å². The second-order valence-electron chi connectivity index (χ2n) is 4.13. The SMILES string of the molecule is C=C(CC)COc1ccc(C(=O)c2ccon2)cc1. The van der Waals surface area contributed by atoms with E-state index in [0.717, 1.165) is 12.0 Å². The van der Waals surface area contributed by atoms with Crippen LogP contribution in [0.25, 0.3) is 0 Å². The highest BCUT2D eigenvalue weighted by atomic mass is 16.5. The summed E-state index contributed by atoms with van der Waals surface area (Å²) < 4.78 is 10.2. The van der Waals surface area contributed by atoms with E-state index in [0.29, 0.717) is 23.6 Å². The molecule has 1 aromatic carbocycles. The molecule has 4 nitrogen and oxygen atoms in total. The van der Waals surface area contributed by atoms with Gasteiger partial charge >= 0.3 is 0 Å². The maximum absolute atomic E-state index is 12.0. The van der Waals surface area contributed by atoms with Crippen LogP contribution in [0.2, 0.25) is 0 Å². The van der Waals surface area contributed by atoms with Crippen molar-refractivity contribution in [3.05, 3.63) is 60.0 Å². The highest BCUT2D eigenvalue weighted by Gasteiger charge is 2.11. The van der Waals surface area contributed by atoms with E-state index < -0.39 is 0 Å². The van der Waals surface area contributed by atoms with E-state index in [1.165, 1.54) is 12.3 Å². The van der Waals surface area contributed by atoms with Crippen LogP contribution < -0.4 is 4.74 Å². The fraction of sp³-hybridized carbons (Fsp3) is 0.200. The molecule has 1 aromatic heterocycles. The molecule has 0 spiro atoms. The topological polar surface area (TPSA) is 52.3 Å². The van der Waals surface area contributed by atoms with Crippen LogP contribution in [0.3, 0.4) is 0 Å². The predicted octanol–water partition coefficient (Wildman–Crippen LogP) is 3.25. The van der Waals surface area contributed by atoms with Gasteiger partial charge in [0.25, 0.3) is 0 Å². The maximum atomic E-state index is 12.0. The number of nitrogens with zero attached hydrogens (tertiary/aromatic N) is 1. The quantitative estimate of drug-likeness (QED) is 0.588. The van der Waals surface area contributed by atoms with Gasteiger partial charge in [-0.2, -0.15) is 0 Å². The van der Waals surface area contributed by atoms with Crippen LogP contribution in [-0.4, -0.2) is 17.5 Å². The fourth-order valence-corrected chi connectivity index (χ4v) is 1.47. The molecule has 0 saturated carbocycles. The second-order valence-corrected chi connectivity index (χ2v) is 4.13. The summed E-state index contributed by atoms with van der Waals surface area (Å²) in [4.78, 5) is 12.0. The summed E-state index contributed by atoms with van der Waals surface area (Å²) in [6, 6.07) is 8.48. The summed E-state index contributed by atoms with van der Waals surface area (Å²) in [5, 5.41) is 3.62. The van der Waals surface area contributed by atoms with Crippen molar-refractivity contribution >= 4 is 5.78 Å². The number of benzene rings is 1. The Bertz CT molecular complexity index is 556. The first-order valence-corrected chi connectivity index (χ1v) is 6.05. The van der Waals surface area contributed by atoms with E-state index in [-0.39, 0.29) is 5.78 Å². The Balaban J connectivity index is 2.02. The molecule has 0 amide bonds. The number of ether oxygens (including phenoxy) is 1. The second kappa shape index (κ2) is 6.00. The van der Waals surface area contributed by atoms with Gasteiger partial charge in [0.05, 0.1) is 0 Å². The zero-order chi connectivity index (χ0) is 13.7. The lowest BCUT2D eigenvalue weighted by Gasteiger charge is -2.07. The Morgan fingerprint density at radius 1 is 1.32 bits per heavy atom. The van der Waals surface area contributed by atoms with Gasteiger partial charge in [-0.15, -0.1) is 0 Å². The minimum Gasteiger partial charge on any atom is -0.489 e. The Kier molecular flexibility index (Phi) is 4.13. The van der Waals surface area contributed by atoms with E-state index in [4.69, 9.17) is 4.74 Å². The summed E-state index contributed by atoms with van der Waals surface area (Å²) in [5.74, 6) is 0.546. The molecule has 0 aliphatic rings. The lowest BCUT2D eigenvalue weighted by Crippen LogP contribution is -2.02. The molecule has 0 radical (unpaired) electrons. The summed E-state index contributed by atoms with van der Waals surface area (Å²) in [6.07, 6.45) is 2.27. The predicted molar refractivity (Wildman–Crippen MR) is 71.3 cm³/mol. The standard InChI is InChI=1S/C15H15NO3/c1-3-11(2)10-18-13-6-4-12(5-7-13)15(17)14-8-9-19-16-14/h4-9H,2-3,10H2,1H3. The zero-order valence-electron chi connectivity index (χ0n) is 10.8. The van der Waals surface area contributed by atoms with Crippen molar-refractivity contribution in [3.63, 3.8) is 0 Å². The molecule has 0 N–H and O–H groups in total. The molecular weight excluding hydrogens is 242 g/mol. The van der Waals surface area contributed by atoms with Gasteiger partial charge < -0.3 is 9.26 Å². The number of carbonyl (C=O) groups is 1. The molecule has 2 aromatic rings. The van der Waals surface area contributed by atoms with E-state index in [1.54, 1.807) is 24.3 Å². The summed E-state index contributed by atoms with van der Waals surface area (Å²) in [5.41, 5.74) is 1.88. The van der Waals surface area contributed by atoms with Gasteiger partial charge in [-0.1, -0.05) is 18.7 Å². The van der Waals surface area contributed by atoms with Crippen LogP contribution in [0.1, 0.15) is 29.4 Å². The molecule has 19 heavy (non-hydrogen) atoms. The molecule has 0 saturated heterocycles. The van der Waals surface area contributed by atoms with Gasteiger partial charge in [-0.05, 0) is 36.3 Å². The van der Waals surface area contributed by atoms with Crippen LogP contribution in [0, 0.1) is 0 Å². The monoisotopic (exact) mass is 257 g/mol. The molecule has 0 bridgehead atoms. The van der Waals surface area contributed by atoms with Gasteiger partial charge in [-0.25, -0.2) is 0 Å². The maximum Gasteiger partial charge on any atom is 0.214 e. The summed E-state index contributed by atoms with van der Waals surface area (Å²) in [6.45, 7) is 6.40. The van der Waals surface area contributed by atoms with E-state index >= 15 is 0 Å². The number of carbonyl (C=O) groups excluding carboxylic acids is 1. The number of hydrogen-bond acceptors (Lipinski definition) is 4. The molecule has 0 unspecified atom stereocenters. The molecule has 0 atom stereocenters. The van der Waals surface area contributed by atoms with Crippen LogP contribution in [0.5, 0.6) is 5.75 Å². The van der Waals surface area contributed by atoms with Crippen molar-refractivity contribution in [3.8, 4) is 5.75 Å². The number of ketones is 1. The van der Waals surface area contributed by atoms with Crippen molar-refractivity contribution in [1.82, 2.24) is 5.16 Å². The Hall–Kier alpha value is -2.36. The first kappa shape index (κ1) is 13.1. The molecule has 1 heterocycles. The van der Waals surface area contributed by atoms with Gasteiger partial charge in [0.2, 0.25) is 5.78 Å². The van der Waals surface area contributed by atoms with Gasteiger partial charge in [0, 0.05) is 11.6 Å². The minimum atomic E-state index is -0.168. The normalized spacial score (nSPS) is 10.2. The van der Waals surface area contributed by atoms with Crippen molar-refractivity contribution in [1.29, 1.82) is 0 Å². The van der Waals surface area contributed by atoms with Crippen LogP contribution >= 0.6 is 0 Å². The molecule has 0 aliphatic heterocycles. The van der Waals surface area contributed by atoms with Crippen molar-refractivity contribution < 1.29 is 14.1 Å². The van der Waals surface area contributed by atoms with E-state index in [9.17, 15) is 4.79 Å². The van der Waals surface area contributed by atoms with Crippen molar-refractivity contribution in [2.75, 3.05) is 6.61 Å². The Morgan fingerprint density at radius 3 is 2.63 bits per heavy atom. The van der Waals surface area contributed by atoms with Gasteiger partial charge in [-0.3, -0.25) is 4.79 Å². The summed E-state index contributed by atoms with van der Waals surface area (Å²) >= 11 is 0. The van der Waals surface area contributed by atoms with Crippen molar-refractivity contribution in [2.45, 2.75) is 13.3 Å². The third-order valence-electron chi connectivity index (χ3n) is 2.73. The van der Waals surface area contributed by atoms with Gasteiger partial charge in [0.15, 0.2) is 5.69 Å². The fourth-order valence-electron chi connectivity index (χ4n) is 1.47. The third-order valence-corrected chi connectivity index (χ3v) is 2.73. The van der Waals surface area contributed by atoms with Crippen LogP contribution in [0.4, 0.5) is 0 Å². The highest BCUT2D eigenvalue weighted by Crippen LogP contribution is 2.15. The molecule has 0 fully saturated rings. The molecule has 98 valence electrons. The number of rotatable bonds is 6. The molecule has 2 rings (SSSR count). The van der Waals surface area contributed by atoms with Crippen LogP contribution in [0.15, 0.2) is 53.3 Å². The Labute approximate surface area is 111 Å². The molecule has 4 heteroatoms. The first-order chi connectivity index (χ1) is 9.20. The molecule has 0 aliphatic carbocycles. The molecular formula is C15H15NO3. The number of hydrogen-bond donors (Lipinski definition) is 0.